The Labute approximate surface area is 196 Å². The van der Waals surface area contributed by atoms with Crippen LogP contribution in [0.4, 0.5) is 10.1 Å². The van der Waals surface area contributed by atoms with E-state index in [4.69, 9.17) is 0 Å². The zero-order valence-electron chi connectivity index (χ0n) is 20.0. The molecule has 182 valence electrons. The maximum atomic E-state index is 14.4. The Balaban J connectivity index is 1.36. The van der Waals surface area contributed by atoms with Crippen molar-refractivity contribution >= 4 is 17.5 Å². The van der Waals surface area contributed by atoms with Gasteiger partial charge in [-0.3, -0.25) is 14.5 Å². The van der Waals surface area contributed by atoms with Gasteiger partial charge in [-0.1, -0.05) is 12.8 Å². The molecule has 0 unspecified atom stereocenters. The normalized spacial score (nSPS) is 26.7. The van der Waals surface area contributed by atoms with Crippen molar-refractivity contribution in [2.75, 3.05) is 25.0 Å². The summed E-state index contributed by atoms with van der Waals surface area (Å²) in [6, 6.07) is 3.08. The van der Waals surface area contributed by atoms with Crippen molar-refractivity contribution in [3.8, 4) is 0 Å². The number of hydrogen-bond donors (Lipinski definition) is 2. The number of hydrogen-bond acceptors (Lipinski definition) is 4. The topological polar surface area (TPSA) is 72.9 Å². The molecule has 1 heterocycles. The van der Waals surface area contributed by atoms with Gasteiger partial charge in [-0.15, -0.1) is 0 Å². The monoisotopic (exact) mass is 459 g/mol. The van der Waals surface area contributed by atoms with E-state index in [-0.39, 0.29) is 35.7 Å². The predicted octanol–water partition coefficient (Wildman–Crippen LogP) is 3.85. The molecule has 2 amide bonds. The Morgan fingerprint density at radius 1 is 1.15 bits per heavy atom. The predicted molar refractivity (Wildman–Crippen MR) is 126 cm³/mol. The van der Waals surface area contributed by atoms with Gasteiger partial charge >= 0.3 is 0 Å². The number of rotatable bonds is 6. The van der Waals surface area contributed by atoms with Crippen molar-refractivity contribution in [3.05, 3.63) is 29.1 Å². The average molecular weight is 460 g/mol. The molecule has 2 N–H and O–H groups in total. The maximum Gasteiger partial charge on any atom is 0.226 e. The number of nitrogens with one attached hydrogen (secondary N) is 1. The second-order valence-corrected chi connectivity index (χ2v) is 10.4. The minimum atomic E-state index is -0.356. The van der Waals surface area contributed by atoms with Crippen LogP contribution >= 0.6 is 0 Å². The molecule has 3 atom stereocenters. The Hall–Kier alpha value is -1.99. The van der Waals surface area contributed by atoms with Crippen LogP contribution < -0.4 is 5.32 Å². The molecule has 0 aromatic heterocycles. The molecule has 1 aromatic carbocycles. The summed E-state index contributed by atoms with van der Waals surface area (Å²) in [7, 11) is 0. The molecular formula is C26H38FN3O3. The molecule has 6 nitrogen and oxygen atoms in total. The van der Waals surface area contributed by atoms with Gasteiger partial charge in [0, 0.05) is 50.2 Å². The Kier molecular flexibility index (Phi) is 7.69. The van der Waals surface area contributed by atoms with Crippen LogP contribution in [0.5, 0.6) is 0 Å². The number of carbonyl (C=O) groups excluding carboxylic acids is 2. The standard InChI is InChI=1S/C26H38FN3O3/c1-17-15-29(9-10-30(17)26(33)20-5-3-4-6-20)16-21-13-22(27)14-24(18(21)2)28-25(32)12-19-7-8-23(31)11-19/h13-14,17,19-20,23,31H,3-12,15-16H2,1-2H3,(H,28,32)/t17-,19-,23+/m0/s1. The molecule has 2 aliphatic carbocycles. The zero-order valence-corrected chi connectivity index (χ0v) is 20.0. The summed E-state index contributed by atoms with van der Waals surface area (Å²) in [5.74, 6) is 0.217. The Morgan fingerprint density at radius 3 is 2.58 bits per heavy atom. The first-order chi connectivity index (χ1) is 15.8. The number of aliphatic hydroxyl groups excluding tert-OH is 1. The third-order valence-electron chi connectivity index (χ3n) is 7.83. The number of benzene rings is 1. The highest BCUT2D eigenvalue weighted by atomic mass is 19.1. The van der Waals surface area contributed by atoms with Crippen molar-refractivity contribution < 1.29 is 19.1 Å². The van der Waals surface area contributed by atoms with Gasteiger partial charge in [-0.25, -0.2) is 4.39 Å². The fourth-order valence-corrected chi connectivity index (χ4v) is 5.88. The average Bonchev–Trinajstić information content (AvgIpc) is 3.43. The molecule has 3 fully saturated rings. The fraction of sp³-hybridized carbons (Fsp3) is 0.692. The summed E-state index contributed by atoms with van der Waals surface area (Å²) in [5.41, 5.74) is 2.27. The summed E-state index contributed by atoms with van der Waals surface area (Å²) in [6.45, 7) is 6.86. The van der Waals surface area contributed by atoms with Crippen molar-refractivity contribution in [1.82, 2.24) is 9.80 Å². The van der Waals surface area contributed by atoms with E-state index in [2.05, 4.69) is 17.1 Å². The number of carbonyl (C=O) groups is 2. The number of amides is 2. The van der Waals surface area contributed by atoms with Gasteiger partial charge in [-0.2, -0.15) is 0 Å². The Morgan fingerprint density at radius 2 is 1.91 bits per heavy atom. The van der Waals surface area contributed by atoms with Crippen LogP contribution in [-0.2, 0) is 16.1 Å². The first kappa shape index (κ1) is 24.1. The zero-order chi connectivity index (χ0) is 23.5. The van der Waals surface area contributed by atoms with Gasteiger partial charge in [0.05, 0.1) is 6.10 Å². The number of halogens is 1. The number of piperazine rings is 1. The minimum Gasteiger partial charge on any atom is -0.393 e. The van der Waals surface area contributed by atoms with Crippen LogP contribution in [0.25, 0.3) is 0 Å². The van der Waals surface area contributed by atoms with E-state index in [1.807, 2.05) is 11.8 Å². The van der Waals surface area contributed by atoms with Gasteiger partial charge in [-0.05, 0) is 75.1 Å². The molecule has 2 saturated carbocycles. The third kappa shape index (κ3) is 5.93. The molecular weight excluding hydrogens is 421 g/mol. The summed E-state index contributed by atoms with van der Waals surface area (Å²) in [6.07, 6.45) is 6.67. The van der Waals surface area contributed by atoms with Gasteiger partial charge in [0.2, 0.25) is 11.8 Å². The molecule has 1 aromatic rings. The molecule has 33 heavy (non-hydrogen) atoms. The maximum absolute atomic E-state index is 14.4. The largest absolute Gasteiger partial charge is 0.393 e. The van der Waals surface area contributed by atoms with E-state index in [1.54, 1.807) is 6.07 Å². The number of nitrogens with zero attached hydrogens (tertiary/aromatic N) is 2. The highest BCUT2D eigenvalue weighted by Crippen LogP contribution is 2.30. The van der Waals surface area contributed by atoms with Crippen LogP contribution in [0.2, 0.25) is 0 Å². The lowest BCUT2D eigenvalue weighted by atomic mass is 10.0. The van der Waals surface area contributed by atoms with E-state index in [0.29, 0.717) is 37.5 Å². The van der Waals surface area contributed by atoms with Gasteiger partial charge in [0.1, 0.15) is 5.82 Å². The fourth-order valence-electron chi connectivity index (χ4n) is 5.88. The van der Waals surface area contributed by atoms with Crippen molar-refractivity contribution in [3.63, 3.8) is 0 Å². The second kappa shape index (κ2) is 10.5. The van der Waals surface area contributed by atoms with Crippen LogP contribution in [0.15, 0.2) is 12.1 Å². The summed E-state index contributed by atoms with van der Waals surface area (Å²) in [4.78, 5) is 29.7. The molecule has 0 radical (unpaired) electrons. The molecule has 3 aliphatic rings. The van der Waals surface area contributed by atoms with E-state index in [0.717, 1.165) is 62.7 Å². The second-order valence-electron chi connectivity index (χ2n) is 10.4. The quantitative estimate of drug-likeness (QED) is 0.678. The van der Waals surface area contributed by atoms with Crippen molar-refractivity contribution in [2.24, 2.45) is 11.8 Å². The van der Waals surface area contributed by atoms with E-state index < -0.39 is 0 Å². The smallest absolute Gasteiger partial charge is 0.226 e. The van der Waals surface area contributed by atoms with Crippen molar-refractivity contribution in [1.29, 1.82) is 0 Å². The number of aliphatic hydroxyl groups is 1. The highest BCUT2D eigenvalue weighted by Gasteiger charge is 2.33. The van der Waals surface area contributed by atoms with E-state index >= 15 is 0 Å². The molecule has 1 aliphatic heterocycles. The SMILES string of the molecule is Cc1c(CN2CCN(C(=O)C3CCCC3)[C@@H](C)C2)cc(F)cc1NC(=O)C[C@H]1CC[C@@H](O)C1. The van der Waals surface area contributed by atoms with Gasteiger partial charge < -0.3 is 15.3 Å². The third-order valence-corrected chi connectivity index (χ3v) is 7.83. The lowest BCUT2D eigenvalue weighted by Gasteiger charge is -2.41. The van der Waals surface area contributed by atoms with Crippen LogP contribution in [-0.4, -0.2) is 58.5 Å². The molecule has 1 saturated heterocycles. The van der Waals surface area contributed by atoms with Crippen LogP contribution in [0.1, 0.15) is 69.4 Å². The first-order valence-corrected chi connectivity index (χ1v) is 12.6. The van der Waals surface area contributed by atoms with Gasteiger partial charge in [0.15, 0.2) is 0 Å². The van der Waals surface area contributed by atoms with Crippen LogP contribution in [0, 0.1) is 24.6 Å². The first-order valence-electron chi connectivity index (χ1n) is 12.6. The summed E-state index contributed by atoms with van der Waals surface area (Å²) >= 11 is 0. The Bertz CT molecular complexity index is 871. The van der Waals surface area contributed by atoms with E-state index in [1.165, 1.54) is 6.07 Å². The summed E-state index contributed by atoms with van der Waals surface area (Å²) < 4.78 is 14.4. The van der Waals surface area contributed by atoms with Crippen molar-refractivity contribution in [2.45, 2.75) is 83.9 Å². The lowest BCUT2D eigenvalue weighted by molar-refractivity contribution is -0.140. The molecule has 7 heteroatoms. The minimum absolute atomic E-state index is 0.124. The molecule has 4 rings (SSSR count). The van der Waals surface area contributed by atoms with Crippen LogP contribution in [0.3, 0.4) is 0 Å². The number of anilines is 1. The van der Waals surface area contributed by atoms with E-state index in [9.17, 15) is 19.1 Å². The molecule has 0 bridgehead atoms. The summed E-state index contributed by atoms with van der Waals surface area (Å²) in [5, 5.41) is 12.6. The molecule has 0 spiro atoms. The van der Waals surface area contributed by atoms with Gasteiger partial charge in [0.25, 0.3) is 0 Å². The highest BCUT2D eigenvalue weighted by molar-refractivity contribution is 5.91. The lowest BCUT2D eigenvalue weighted by Crippen LogP contribution is -2.54.